The van der Waals surface area contributed by atoms with Crippen LogP contribution in [0.5, 0.6) is 0 Å². The van der Waals surface area contributed by atoms with Crippen molar-refractivity contribution in [1.29, 1.82) is 0 Å². The molecule has 0 spiro atoms. The standard InChI is InChI=1S/C14H11NO/c1-9(16)12-6-5-10-3-2-4-11-7-8-15-14(12)13(10)11/h2-8,16H,1H3. The molecule has 0 atom stereocenters. The van der Waals surface area contributed by atoms with Crippen LogP contribution in [0.3, 0.4) is 0 Å². The molecule has 2 heteroatoms. The Morgan fingerprint density at radius 2 is 1.81 bits per heavy atom. The molecule has 1 aromatic heterocycles. The second-order valence-electron chi connectivity index (χ2n) is 3.94. The topological polar surface area (TPSA) is 33.1 Å². The average molecular weight is 209 g/mol. The maximum Gasteiger partial charge on any atom is 0.0985 e. The van der Waals surface area contributed by atoms with Gasteiger partial charge < -0.3 is 5.11 Å². The van der Waals surface area contributed by atoms with E-state index < -0.39 is 0 Å². The molecule has 0 fully saturated rings. The van der Waals surface area contributed by atoms with E-state index in [1.165, 1.54) is 0 Å². The first-order chi connectivity index (χ1) is 7.77. The summed E-state index contributed by atoms with van der Waals surface area (Å²) in [5, 5.41) is 13.9. The van der Waals surface area contributed by atoms with Gasteiger partial charge in [0.05, 0.1) is 11.3 Å². The third-order valence-corrected chi connectivity index (χ3v) is 2.90. The third kappa shape index (κ3) is 1.16. The third-order valence-electron chi connectivity index (χ3n) is 2.90. The lowest BCUT2D eigenvalue weighted by Gasteiger charge is -2.05. The van der Waals surface area contributed by atoms with Crippen LogP contribution in [0.4, 0.5) is 0 Å². The van der Waals surface area contributed by atoms with Gasteiger partial charge in [-0.05, 0) is 29.8 Å². The Hall–Kier alpha value is -2.09. The number of hydrogen-bond donors (Lipinski definition) is 1. The number of aromatic nitrogens is 1. The Labute approximate surface area is 92.8 Å². The van der Waals surface area contributed by atoms with E-state index in [1.54, 1.807) is 13.1 Å². The number of hydrogen-bond acceptors (Lipinski definition) is 2. The summed E-state index contributed by atoms with van der Waals surface area (Å²) in [6.45, 7) is 1.69. The van der Waals surface area contributed by atoms with Crippen LogP contribution in [-0.4, -0.2) is 10.1 Å². The van der Waals surface area contributed by atoms with Crippen molar-refractivity contribution in [2.45, 2.75) is 6.92 Å². The van der Waals surface area contributed by atoms with E-state index in [-0.39, 0.29) is 0 Å². The van der Waals surface area contributed by atoms with E-state index in [4.69, 9.17) is 0 Å². The highest BCUT2D eigenvalue weighted by Crippen LogP contribution is 2.22. The second-order valence-corrected chi connectivity index (χ2v) is 3.94. The maximum absolute atomic E-state index is 9.64. The summed E-state index contributed by atoms with van der Waals surface area (Å²) < 4.78 is 0. The monoisotopic (exact) mass is 209 g/mol. The van der Waals surface area contributed by atoms with Gasteiger partial charge in [0.1, 0.15) is 0 Å². The van der Waals surface area contributed by atoms with Crippen molar-refractivity contribution in [1.82, 2.24) is 4.98 Å². The van der Waals surface area contributed by atoms with Crippen LogP contribution >= 0.6 is 0 Å². The second kappa shape index (κ2) is 3.20. The number of rotatable bonds is 0. The maximum atomic E-state index is 9.64. The number of nitrogens with zero attached hydrogens (tertiary/aromatic N) is 1. The van der Waals surface area contributed by atoms with Crippen molar-refractivity contribution in [3.8, 4) is 0 Å². The Morgan fingerprint density at radius 3 is 2.56 bits per heavy atom. The molecule has 0 aliphatic heterocycles. The number of pyridine rings is 1. The fourth-order valence-electron chi connectivity index (χ4n) is 2.14. The first-order valence-electron chi connectivity index (χ1n) is 5.23. The summed E-state index contributed by atoms with van der Waals surface area (Å²) in [5.74, 6) is 0.311. The molecule has 0 aliphatic rings. The van der Waals surface area contributed by atoms with Gasteiger partial charge in [0.15, 0.2) is 0 Å². The highest BCUT2D eigenvalue weighted by molar-refractivity contribution is 6.08. The molecule has 0 saturated heterocycles. The molecule has 0 saturated carbocycles. The number of benzene rings is 2. The van der Waals surface area contributed by atoms with E-state index in [9.17, 15) is 5.11 Å². The Morgan fingerprint density at radius 1 is 1.06 bits per heavy atom. The summed E-state index contributed by atoms with van der Waals surface area (Å²) in [4.78, 5) is 4.37. The lowest BCUT2D eigenvalue weighted by Crippen LogP contribution is -2.07. The van der Waals surface area contributed by atoms with Crippen molar-refractivity contribution >= 4 is 27.4 Å². The lowest BCUT2D eigenvalue weighted by atomic mass is 10.0. The Balaban J connectivity index is 2.72. The van der Waals surface area contributed by atoms with Crippen LogP contribution in [-0.2, 0) is 0 Å². The van der Waals surface area contributed by atoms with Crippen molar-refractivity contribution < 1.29 is 5.11 Å². The number of aliphatic hydroxyl groups is 1. The van der Waals surface area contributed by atoms with Gasteiger partial charge in [0.25, 0.3) is 0 Å². The highest BCUT2D eigenvalue weighted by atomic mass is 16.3. The van der Waals surface area contributed by atoms with Crippen LogP contribution in [0.2, 0.25) is 0 Å². The van der Waals surface area contributed by atoms with Gasteiger partial charge in [-0.2, -0.15) is 0 Å². The first kappa shape index (κ1) is 9.16. The minimum absolute atomic E-state index is 0.311. The molecule has 78 valence electrons. The Kier molecular flexibility index (Phi) is 1.83. The molecule has 2 nitrogen and oxygen atoms in total. The van der Waals surface area contributed by atoms with Gasteiger partial charge >= 0.3 is 0 Å². The summed E-state index contributed by atoms with van der Waals surface area (Å²) in [7, 11) is 0. The van der Waals surface area contributed by atoms with E-state index in [0.29, 0.717) is 5.76 Å². The zero-order valence-electron chi connectivity index (χ0n) is 8.94. The van der Waals surface area contributed by atoms with E-state index in [0.717, 1.165) is 26.9 Å². The fourth-order valence-corrected chi connectivity index (χ4v) is 2.14. The fraction of sp³-hybridized carbons (Fsp3) is 0.0714. The van der Waals surface area contributed by atoms with Gasteiger partial charge in [0.2, 0.25) is 0 Å². The smallest absolute Gasteiger partial charge is 0.0985 e. The molecule has 16 heavy (non-hydrogen) atoms. The summed E-state index contributed by atoms with van der Waals surface area (Å²) in [6, 6.07) is 12.1. The number of aliphatic hydroxyl groups excluding tert-OH is 1. The molecule has 0 amide bonds. The van der Waals surface area contributed by atoms with E-state index in [1.807, 2.05) is 24.3 Å². The Bertz CT molecular complexity index is 704. The van der Waals surface area contributed by atoms with E-state index >= 15 is 0 Å². The molecule has 3 aromatic rings. The molecule has 1 N–H and O–H groups in total. The minimum Gasteiger partial charge on any atom is -0.512 e. The normalized spacial score (nSPS) is 13.3. The van der Waals surface area contributed by atoms with Crippen molar-refractivity contribution in [2.75, 3.05) is 0 Å². The molecule has 3 rings (SSSR count). The van der Waals surface area contributed by atoms with Crippen molar-refractivity contribution in [3.05, 3.63) is 47.8 Å². The highest BCUT2D eigenvalue weighted by Gasteiger charge is 2.04. The zero-order valence-corrected chi connectivity index (χ0v) is 8.94. The summed E-state index contributed by atoms with van der Waals surface area (Å²) in [6.07, 6.45) is 1.78. The SMILES string of the molecule is CC(O)=c1ccc2cccc3ccnc1c32. The molecule has 0 aliphatic carbocycles. The van der Waals surface area contributed by atoms with Crippen LogP contribution < -0.4 is 5.22 Å². The van der Waals surface area contributed by atoms with Crippen LogP contribution in [0.1, 0.15) is 6.92 Å². The van der Waals surface area contributed by atoms with Crippen LogP contribution in [0, 0.1) is 0 Å². The quantitative estimate of drug-likeness (QED) is 0.617. The van der Waals surface area contributed by atoms with Crippen LogP contribution in [0.25, 0.3) is 27.4 Å². The van der Waals surface area contributed by atoms with Gasteiger partial charge in [-0.15, -0.1) is 0 Å². The van der Waals surface area contributed by atoms with Gasteiger partial charge in [-0.25, -0.2) is 0 Å². The summed E-state index contributed by atoms with van der Waals surface area (Å²) in [5.41, 5.74) is 0.871. The predicted molar refractivity (Wildman–Crippen MR) is 66.2 cm³/mol. The lowest BCUT2D eigenvalue weighted by molar-refractivity contribution is 0.499. The average Bonchev–Trinajstić information content (AvgIpc) is 2.30. The van der Waals surface area contributed by atoms with Gasteiger partial charge in [0, 0.05) is 16.8 Å². The molecular formula is C14H11NO. The zero-order chi connectivity index (χ0) is 11.1. The molecule has 0 unspecified atom stereocenters. The summed E-state index contributed by atoms with van der Waals surface area (Å²) >= 11 is 0. The molecule has 1 heterocycles. The van der Waals surface area contributed by atoms with Gasteiger partial charge in [-0.1, -0.05) is 24.3 Å². The molecule has 0 radical (unpaired) electrons. The van der Waals surface area contributed by atoms with Crippen LogP contribution in [0.15, 0.2) is 42.6 Å². The van der Waals surface area contributed by atoms with Gasteiger partial charge in [-0.3, -0.25) is 4.98 Å². The van der Waals surface area contributed by atoms with Crippen molar-refractivity contribution in [3.63, 3.8) is 0 Å². The first-order valence-corrected chi connectivity index (χ1v) is 5.23. The van der Waals surface area contributed by atoms with E-state index in [2.05, 4.69) is 17.1 Å². The predicted octanol–water partition coefficient (Wildman–Crippen LogP) is 2.79. The molecular weight excluding hydrogens is 198 g/mol. The largest absolute Gasteiger partial charge is 0.512 e. The molecule has 2 aromatic carbocycles. The minimum atomic E-state index is 0.311. The molecule has 0 bridgehead atoms. The van der Waals surface area contributed by atoms with Crippen molar-refractivity contribution in [2.24, 2.45) is 0 Å².